The number of aromatic hydroxyl groups is 2. The van der Waals surface area contributed by atoms with Gasteiger partial charge < -0.3 is 43.7 Å². The topological polar surface area (TPSA) is 165 Å². The minimum atomic E-state index is -1.36. The number of aryl methyl sites for hydroxylation is 1. The molecule has 4 N–H and O–H groups in total. The number of ether oxygens (including phenoxy) is 6. The highest BCUT2D eigenvalue weighted by molar-refractivity contribution is 7.99. The van der Waals surface area contributed by atoms with Crippen molar-refractivity contribution in [3.05, 3.63) is 62.7 Å². The number of hydrogen-bond donors (Lipinski definition) is 4. The number of thioether (sulfide) groups is 1. The van der Waals surface area contributed by atoms with E-state index in [9.17, 15) is 24.9 Å². The molecule has 0 saturated carbocycles. The number of esters is 2. The Morgan fingerprint density at radius 1 is 1.02 bits per heavy atom. The molecule has 1 saturated heterocycles. The number of aliphatic hydroxyl groups excluding tert-OH is 1. The van der Waals surface area contributed by atoms with E-state index in [2.05, 4.69) is 5.32 Å². The molecule has 6 heterocycles. The van der Waals surface area contributed by atoms with Gasteiger partial charge in [-0.15, -0.1) is 11.8 Å². The fourth-order valence-corrected chi connectivity index (χ4v) is 10.2. The van der Waals surface area contributed by atoms with Gasteiger partial charge in [-0.3, -0.25) is 15.0 Å². The maximum Gasteiger partial charge on any atom is 0.331 e. The lowest BCUT2D eigenvalue weighted by molar-refractivity contribution is -0.158. The molecule has 3 aromatic rings. The Labute approximate surface area is 292 Å². The fourth-order valence-electron chi connectivity index (χ4n) is 8.56. The number of nitrogens with one attached hydrogen (secondary N) is 1. The largest absolute Gasteiger partial charge is 0.504 e. The molecule has 0 unspecified atom stereocenters. The van der Waals surface area contributed by atoms with Crippen LogP contribution in [0.4, 0.5) is 0 Å². The molecule has 0 aliphatic carbocycles. The van der Waals surface area contributed by atoms with Crippen molar-refractivity contribution >= 4 is 23.7 Å². The highest BCUT2D eigenvalue weighted by atomic mass is 32.2. The summed E-state index contributed by atoms with van der Waals surface area (Å²) in [6, 6.07) is 3.70. The second-order valence-corrected chi connectivity index (χ2v) is 14.4. The minimum absolute atomic E-state index is 0.0297. The molecule has 3 aromatic carbocycles. The summed E-state index contributed by atoms with van der Waals surface area (Å²) in [4.78, 5) is 29.1. The average Bonchev–Trinajstić information content (AvgIpc) is 3.57. The predicted octanol–water partition coefficient (Wildman–Crippen LogP) is 3.73. The third kappa shape index (κ3) is 4.58. The van der Waals surface area contributed by atoms with Crippen molar-refractivity contribution in [2.24, 2.45) is 0 Å². The molecular formula is C36H38N2O11S. The second-order valence-electron chi connectivity index (χ2n) is 13.3. The minimum Gasteiger partial charge on any atom is -0.504 e. The highest BCUT2D eigenvalue weighted by Gasteiger charge is 2.56. The van der Waals surface area contributed by atoms with E-state index in [1.807, 2.05) is 17.9 Å². The summed E-state index contributed by atoms with van der Waals surface area (Å²) in [6.07, 6.45) is -0.305. The van der Waals surface area contributed by atoms with Crippen LogP contribution < -0.4 is 29.0 Å². The molecule has 14 heteroatoms. The smallest absolute Gasteiger partial charge is 0.331 e. The van der Waals surface area contributed by atoms with Crippen LogP contribution in [0.5, 0.6) is 40.2 Å². The van der Waals surface area contributed by atoms with Gasteiger partial charge in [-0.2, -0.15) is 0 Å². The molecule has 0 amide bonds. The molecular weight excluding hydrogens is 668 g/mol. The number of carbonyl (C=O) groups is 2. The van der Waals surface area contributed by atoms with Crippen molar-refractivity contribution in [1.82, 2.24) is 10.2 Å². The normalized spacial score (nSPS) is 26.3. The molecule has 9 rings (SSSR count). The van der Waals surface area contributed by atoms with Crippen LogP contribution in [0.2, 0.25) is 0 Å². The van der Waals surface area contributed by atoms with Crippen molar-refractivity contribution in [1.29, 1.82) is 0 Å². The Morgan fingerprint density at radius 3 is 2.54 bits per heavy atom. The van der Waals surface area contributed by atoms with Gasteiger partial charge in [0.1, 0.15) is 18.6 Å². The first-order valence-electron chi connectivity index (χ1n) is 16.4. The third-order valence-corrected chi connectivity index (χ3v) is 12.1. The average molecular weight is 707 g/mol. The molecule has 1 spiro atoms. The number of fused-ring (bicyclic) bond motifs is 6. The lowest BCUT2D eigenvalue weighted by Crippen LogP contribution is -2.58. The maximum atomic E-state index is 14.5. The molecule has 1 fully saturated rings. The molecule has 0 radical (unpaired) electrons. The number of phenolic OH excluding ortho intramolecular Hbond substituents is 2. The molecule has 0 aromatic heterocycles. The second kappa shape index (κ2) is 11.9. The Balaban J connectivity index is 1.41. The van der Waals surface area contributed by atoms with Gasteiger partial charge in [-0.05, 0) is 54.7 Å². The standard InChI is InChI=1S/C36H38N2O11S/c1-15-8-19-10-24(41)38-21-12-46-35(43)36(20-11-23(44-4)22(40)9-18(20)6-7-37-36)13-50-34(28(38)25(19)29(42)30(15)45-5)27-26(21)33-32(47-14-48-33)16(2)31(27)49-17(3)39/h8-9,11,21,24,28,34,37,40-42H,6-7,10,12-14H2,1-5H3/t21-,24-,28+,34+,36-/m1/s1. The van der Waals surface area contributed by atoms with Crippen LogP contribution in [0.15, 0.2) is 18.2 Å². The summed E-state index contributed by atoms with van der Waals surface area (Å²) in [5, 5.41) is 37.3. The summed E-state index contributed by atoms with van der Waals surface area (Å²) in [5.41, 5.74) is 3.85. The predicted molar refractivity (Wildman–Crippen MR) is 179 cm³/mol. The van der Waals surface area contributed by atoms with E-state index in [1.54, 1.807) is 19.1 Å². The van der Waals surface area contributed by atoms with Crippen LogP contribution in [0, 0.1) is 13.8 Å². The molecule has 6 aliphatic heterocycles. The molecule has 50 heavy (non-hydrogen) atoms. The zero-order chi connectivity index (χ0) is 35.2. The van der Waals surface area contributed by atoms with Crippen molar-refractivity contribution in [2.45, 2.75) is 62.7 Å². The zero-order valence-corrected chi connectivity index (χ0v) is 29.1. The van der Waals surface area contributed by atoms with Crippen LogP contribution in [0.1, 0.15) is 68.8 Å². The molecule has 5 atom stereocenters. The van der Waals surface area contributed by atoms with E-state index in [0.717, 1.165) is 16.7 Å². The first-order valence-corrected chi connectivity index (χ1v) is 17.5. The molecule has 6 aliphatic rings. The number of hydrogen-bond acceptors (Lipinski definition) is 14. The van der Waals surface area contributed by atoms with E-state index < -0.39 is 41.0 Å². The fraction of sp³-hybridized carbons (Fsp3) is 0.444. The summed E-state index contributed by atoms with van der Waals surface area (Å²) < 4.78 is 35.4. The van der Waals surface area contributed by atoms with Gasteiger partial charge in [-0.25, -0.2) is 4.79 Å². The van der Waals surface area contributed by atoms with E-state index in [0.29, 0.717) is 63.8 Å². The van der Waals surface area contributed by atoms with Crippen LogP contribution in [0.3, 0.4) is 0 Å². The molecule has 264 valence electrons. The van der Waals surface area contributed by atoms with Crippen LogP contribution in [0.25, 0.3) is 0 Å². The molecule has 2 bridgehead atoms. The van der Waals surface area contributed by atoms with Gasteiger partial charge in [-0.1, -0.05) is 6.07 Å². The van der Waals surface area contributed by atoms with Gasteiger partial charge in [0.05, 0.1) is 31.6 Å². The van der Waals surface area contributed by atoms with Gasteiger partial charge in [0.15, 0.2) is 40.0 Å². The number of aliphatic hydroxyl groups is 1. The van der Waals surface area contributed by atoms with Gasteiger partial charge in [0, 0.05) is 47.9 Å². The lowest BCUT2D eigenvalue weighted by atomic mass is 9.77. The van der Waals surface area contributed by atoms with E-state index in [1.165, 1.54) is 32.9 Å². The highest BCUT2D eigenvalue weighted by Crippen LogP contribution is 2.65. The van der Waals surface area contributed by atoms with Gasteiger partial charge >= 0.3 is 11.9 Å². The van der Waals surface area contributed by atoms with Crippen molar-refractivity contribution in [3.63, 3.8) is 0 Å². The lowest BCUT2D eigenvalue weighted by Gasteiger charge is -2.53. The van der Waals surface area contributed by atoms with Crippen molar-refractivity contribution in [3.8, 4) is 40.2 Å². The number of benzene rings is 3. The Bertz CT molecular complexity index is 1970. The SMILES string of the molecule is COc1cc2c(cc1O)CCN[C@]21CS[C@H]2c3c(OC(C)=O)c(C)c4c(c3[C@@H](COC1=O)N1[C@H](O)Cc3cc(C)c(OC)c(O)c3[C@@H]21)OCO4. The Kier molecular flexibility index (Phi) is 7.78. The summed E-state index contributed by atoms with van der Waals surface area (Å²) in [5.74, 6) is 0.648. The van der Waals surface area contributed by atoms with E-state index in [4.69, 9.17) is 28.4 Å². The van der Waals surface area contributed by atoms with Crippen LogP contribution in [-0.2, 0) is 32.7 Å². The zero-order valence-electron chi connectivity index (χ0n) is 28.2. The van der Waals surface area contributed by atoms with Gasteiger partial charge in [0.2, 0.25) is 6.79 Å². The van der Waals surface area contributed by atoms with Gasteiger partial charge in [0.25, 0.3) is 0 Å². The van der Waals surface area contributed by atoms with E-state index >= 15 is 0 Å². The quantitative estimate of drug-likeness (QED) is 0.230. The first kappa shape index (κ1) is 32.8. The number of nitrogens with zero attached hydrogens (tertiary/aromatic N) is 1. The number of rotatable bonds is 3. The Hall–Kier alpha value is -4.37. The number of phenols is 2. The first-order chi connectivity index (χ1) is 24.0. The third-order valence-electron chi connectivity index (χ3n) is 10.6. The van der Waals surface area contributed by atoms with E-state index in [-0.39, 0.29) is 42.8 Å². The summed E-state index contributed by atoms with van der Waals surface area (Å²) in [6.45, 7) is 5.11. The number of methoxy groups -OCH3 is 2. The van der Waals surface area contributed by atoms with Crippen molar-refractivity contribution in [2.75, 3.05) is 39.9 Å². The maximum absolute atomic E-state index is 14.5. The Morgan fingerprint density at radius 2 is 1.80 bits per heavy atom. The van der Waals surface area contributed by atoms with Crippen molar-refractivity contribution < 1.29 is 53.3 Å². The molecule has 13 nitrogen and oxygen atoms in total. The summed E-state index contributed by atoms with van der Waals surface area (Å²) >= 11 is 1.40. The van der Waals surface area contributed by atoms with Crippen LogP contribution >= 0.6 is 11.8 Å². The van der Waals surface area contributed by atoms with Crippen LogP contribution in [-0.4, -0.2) is 78.3 Å². The monoisotopic (exact) mass is 706 g/mol. The number of carbonyl (C=O) groups excluding carboxylic acids is 2. The summed E-state index contributed by atoms with van der Waals surface area (Å²) in [7, 11) is 2.95.